The van der Waals surface area contributed by atoms with Crippen LogP contribution in [0.5, 0.6) is 11.5 Å². The minimum atomic E-state index is -3.45. The van der Waals surface area contributed by atoms with Gasteiger partial charge in [-0.2, -0.15) is 9.41 Å². The van der Waals surface area contributed by atoms with E-state index in [-0.39, 0.29) is 17.6 Å². The van der Waals surface area contributed by atoms with Gasteiger partial charge in [-0.1, -0.05) is 12.1 Å². The molecule has 2 aliphatic heterocycles. The minimum absolute atomic E-state index is 0.140. The number of benzene rings is 2. The van der Waals surface area contributed by atoms with E-state index in [2.05, 4.69) is 10.5 Å². The monoisotopic (exact) mass is 415 g/mol. The summed E-state index contributed by atoms with van der Waals surface area (Å²) in [7, 11) is -3.45. The normalized spacial score (nSPS) is 16.8. The lowest BCUT2D eigenvalue weighted by Crippen LogP contribution is -2.27. The summed E-state index contributed by atoms with van der Waals surface area (Å²) < 4.78 is 37.2. The number of ether oxygens (including phenoxy) is 2. The molecule has 1 amide bonds. The first-order valence-electron chi connectivity index (χ1n) is 9.30. The Morgan fingerprint density at radius 2 is 1.66 bits per heavy atom. The van der Waals surface area contributed by atoms with Gasteiger partial charge in [0.2, 0.25) is 16.8 Å². The van der Waals surface area contributed by atoms with E-state index < -0.39 is 10.0 Å². The van der Waals surface area contributed by atoms with Crippen LogP contribution in [0, 0.1) is 0 Å². The van der Waals surface area contributed by atoms with E-state index in [4.69, 9.17) is 9.47 Å². The zero-order valence-electron chi connectivity index (χ0n) is 15.9. The summed E-state index contributed by atoms with van der Waals surface area (Å²) in [6.07, 6.45) is 1.79. The molecule has 152 valence electrons. The van der Waals surface area contributed by atoms with Crippen molar-refractivity contribution in [2.45, 2.75) is 24.7 Å². The van der Waals surface area contributed by atoms with E-state index in [1.807, 2.05) is 0 Å². The Hall–Kier alpha value is -2.91. The third kappa shape index (κ3) is 3.96. The molecule has 9 heteroatoms. The summed E-state index contributed by atoms with van der Waals surface area (Å²) in [5, 5.41) is 4.12. The average molecular weight is 415 g/mol. The van der Waals surface area contributed by atoms with E-state index >= 15 is 0 Å². The highest BCUT2D eigenvalue weighted by atomic mass is 32.2. The predicted octanol–water partition coefficient (Wildman–Crippen LogP) is 2.35. The maximum atomic E-state index is 12.6. The number of fused-ring (bicyclic) bond motifs is 1. The molecule has 0 spiro atoms. The van der Waals surface area contributed by atoms with Crippen molar-refractivity contribution in [3.63, 3.8) is 0 Å². The highest BCUT2D eigenvalue weighted by Crippen LogP contribution is 2.32. The van der Waals surface area contributed by atoms with Crippen molar-refractivity contribution in [3.8, 4) is 11.5 Å². The Balaban J connectivity index is 1.44. The van der Waals surface area contributed by atoms with Gasteiger partial charge in [-0.15, -0.1) is 0 Å². The standard InChI is InChI=1S/C20H21N3O5S/c1-14(21-22-20(24)16-6-9-18-19(12-16)28-13-27-18)15-4-7-17(8-5-15)29(25,26)23-10-2-3-11-23/h4-9,12H,2-3,10-11,13H2,1H3,(H,22,24)/b21-14-. The van der Waals surface area contributed by atoms with Crippen LogP contribution >= 0.6 is 0 Å². The second-order valence-corrected chi connectivity index (χ2v) is 8.78. The van der Waals surface area contributed by atoms with Gasteiger partial charge in [-0.3, -0.25) is 4.79 Å². The van der Waals surface area contributed by atoms with Gasteiger partial charge in [-0.05, 0) is 55.7 Å². The maximum Gasteiger partial charge on any atom is 0.271 e. The van der Waals surface area contributed by atoms with Crippen molar-refractivity contribution in [3.05, 3.63) is 53.6 Å². The van der Waals surface area contributed by atoms with Crippen molar-refractivity contribution in [2.24, 2.45) is 5.10 Å². The predicted molar refractivity (Wildman–Crippen MR) is 107 cm³/mol. The van der Waals surface area contributed by atoms with E-state index in [0.29, 0.717) is 35.9 Å². The van der Waals surface area contributed by atoms with Crippen LogP contribution in [0.15, 0.2) is 52.5 Å². The number of nitrogens with zero attached hydrogens (tertiary/aromatic N) is 2. The number of hydrogen-bond acceptors (Lipinski definition) is 6. The molecule has 0 saturated carbocycles. The fourth-order valence-electron chi connectivity index (χ4n) is 3.25. The molecule has 1 saturated heterocycles. The van der Waals surface area contributed by atoms with Crippen LogP contribution in [-0.2, 0) is 10.0 Å². The molecule has 29 heavy (non-hydrogen) atoms. The first-order chi connectivity index (χ1) is 13.9. The summed E-state index contributed by atoms with van der Waals surface area (Å²) in [5.74, 6) is 0.745. The number of nitrogens with one attached hydrogen (secondary N) is 1. The second-order valence-electron chi connectivity index (χ2n) is 6.84. The van der Waals surface area contributed by atoms with Crippen molar-refractivity contribution in [2.75, 3.05) is 19.9 Å². The van der Waals surface area contributed by atoms with Crippen LogP contribution in [0.3, 0.4) is 0 Å². The molecule has 2 aliphatic rings. The van der Waals surface area contributed by atoms with Crippen molar-refractivity contribution >= 4 is 21.6 Å². The maximum absolute atomic E-state index is 12.6. The van der Waals surface area contributed by atoms with Crippen LogP contribution in [0.4, 0.5) is 0 Å². The summed E-state index contributed by atoms with van der Waals surface area (Å²) >= 11 is 0. The summed E-state index contributed by atoms with van der Waals surface area (Å²) in [4.78, 5) is 12.6. The molecule has 0 radical (unpaired) electrons. The van der Waals surface area contributed by atoms with E-state index in [0.717, 1.165) is 18.4 Å². The van der Waals surface area contributed by atoms with Crippen LogP contribution in [-0.4, -0.2) is 44.2 Å². The Morgan fingerprint density at radius 1 is 1.00 bits per heavy atom. The molecule has 0 aromatic heterocycles. The average Bonchev–Trinajstić information content (AvgIpc) is 3.43. The van der Waals surface area contributed by atoms with Gasteiger partial charge in [0.25, 0.3) is 5.91 Å². The molecule has 0 atom stereocenters. The molecule has 0 unspecified atom stereocenters. The third-order valence-electron chi connectivity index (χ3n) is 4.93. The largest absolute Gasteiger partial charge is 0.454 e. The van der Waals surface area contributed by atoms with E-state index in [1.165, 1.54) is 4.31 Å². The molecule has 1 fully saturated rings. The number of carbonyl (C=O) groups is 1. The van der Waals surface area contributed by atoms with Crippen molar-refractivity contribution in [1.29, 1.82) is 0 Å². The first-order valence-corrected chi connectivity index (χ1v) is 10.7. The molecule has 1 N–H and O–H groups in total. The van der Waals surface area contributed by atoms with Crippen LogP contribution in [0.2, 0.25) is 0 Å². The van der Waals surface area contributed by atoms with E-state index in [9.17, 15) is 13.2 Å². The first kappa shape index (κ1) is 19.4. The van der Waals surface area contributed by atoms with Gasteiger partial charge < -0.3 is 9.47 Å². The molecule has 4 rings (SSSR count). The van der Waals surface area contributed by atoms with Crippen LogP contribution in [0.1, 0.15) is 35.7 Å². The lowest BCUT2D eigenvalue weighted by Gasteiger charge is -2.15. The highest BCUT2D eigenvalue weighted by molar-refractivity contribution is 7.89. The molecule has 0 aliphatic carbocycles. The Kier molecular flexibility index (Phi) is 5.25. The Labute approximate surface area is 169 Å². The highest BCUT2D eigenvalue weighted by Gasteiger charge is 2.27. The Bertz CT molecular complexity index is 1060. The van der Waals surface area contributed by atoms with E-state index in [1.54, 1.807) is 49.4 Å². The van der Waals surface area contributed by atoms with Gasteiger partial charge in [0.05, 0.1) is 10.6 Å². The summed E-state index contributed by atoms with van der Waals surface area (Å²) in [5.41, 5.74) is 4.18. The topological polar surface area (TPSA) is 97.3 Å². The van der Waals surface area contributed by atoms with Crippen molar-refractivity contribution < 1.29 is 22.7 Å². The van der Waals surface area contributed by atoms with Gasteiger partial charge in [0.15, 0.2) is 11.5 Å². The summed E-state index contributed by atoms with van der Waals surface area (Å²) in [6.45, 7) is 3.01. The minimum Gasteiger partial charge on any atom is -0.454 e. The SMILES string of the molecule is C/C(=N/NC(=O)c1ccc2c(c1)OCO2)c1ccc(S(=O)(=O)N2CCCC2)cc1. The molecular weight excluding hydrogens is 394 g/mol. The summed E-state index contributed by atoms with van der Waals surface area (Å²) in [6, 6.07) is 11.4. The fraction of sp³-hybridized carbons (Fsp3) is 0.300. The number of amides is 1. The zero-order valence-corrected chi connectivity index (χ0v) is 16.7. The Morgan fingerprint density at radius 3 is 2.38 bits per heavy atom. The lowest BCUT2D eigenvalue weighted by molar-refractivity contribution is 0.0954. The lowest BCUT2D eigenvalue weighted by atomic mass is 10.1. The molecular formula is C20H21N3O5S. The second kappa shape index (κ2) is 7.84. The number of carbonyl (C=O) groups excluding carboxylic acids is 1. The van der Waals surface area contributed by atoms with Gasteiger partial charge in [0, 0.05) is 18.7 Å². The van der Waals surface area contributed by atoms with Gasteiger partial charge in [0.1, 0.15) is 0 Å². The molecule has 2 heterocycles. The molecule has 0 bridgehead atoms. The number of hydrazone groups is 1. The fourth-order valence-corrected chi connectivity index (χ4v) is 4.76. The molecule has 2 aromatic carbocycles. The number of sulfonamides is 1. The quantitative estimate of drug-likeness (QED) is 0.597. The van der Waals surface area contributed by atoms with Gasteiger partial charge >= 0.3 is 0 Å². The van der Waals surface area contributed by atoms with Crippen molar-refractivity contribution in [1.82, 2.24) is 9.73 Å². The molecule has 2 aromatic rings. The van der Waals surface area contributed by atoms with Crippen LogP contribution < -0.4 is 14.9 Å². The number of hydrogen-bond donors (Lipinski definition) is 1. The zero-order chi connectivity index (χ0) is 20.4. The third-order valence-corrected chi connectivity index (χ3v) is 6.85. The molecule has 8 nitrogen and oxygen atoms in total. The van der Waals surface area contributed by atoms with Gasteiger partial charge in [-0.25, -0.2) is 13.8 Å². The number of rotatable bonds is 5. The smallest absolute Gasteiger partial charge is 0.271 e. The van der Waals surface area contributed by atoms with Crippen LogP contribution in [0.25, 0.3) is 0 Å².